The summed E-state index contributed by atoms with van der Waals surface area (Å²) in [6.45, 7) is 5.99. The molecule has 2 heterocycles. The Balaban J connectivity index is 1.98. The van der Waals surface area contributed by atoms with Crippen LogP contribution in [-0.4, -0.2) is 33.6 Å². The molecule has 1 saturated heterocycles. The SMILES string of the molecule is CCn1nc(C)cc1CC(O)C1CCCCN1. The second kappa shape index (κ2) is 5.65. The molecule has 1 aliphatic rings. The molecule has 0 aromatic carbocycles. The predicted octanol–water partition coefficient (Wildman–Crippen LogP) is 1.26. The topological polar surface area (TPSA) is 50.1 Å². The van der Waals surface area contributed by atoms with Gasteiger partial charge >= 0.3 is 0 Å². The highest BCUT2D eigenvalue weighted by Gasteiger charge is 2.22. The molecule has 2 atom stereocenters. The molecule has 2 rings (SSSR count). The first-order valence-corrected chi connectivity index (χ1v) is 6.65. The summed E-state index contributed by atoms with van der Waals surface area (Å²) < 4.78 is 1.99. The van der Waals surface area contributed by atoms with E-state index < -0.39 is 0 Å². The Morgan fingerprint density at radius 2 is 2.41 bits per heavy atom. The van der Waals surface area contributed by atoms with Crippen molar-refractivity contribution in [3.63, 3.8) is 0 Å². The Morgan fingerprint density at radius 1 is 1.59 bits per heavy atom. The molecule has 0 saturated carbocycles. The fourth-order valence-electron chi connectivity index (χ4n) is 2.60. The molecular weight excluding hydrogens is 214 g/mol. The summed E-state index contributed by atoms with van der Waals surface area (Å²) in [6.07, 6.45) is 3.94. The monoisotopic (exact) mass is 237 g/mol. The lowest BCUT2D eigenvalue weighted by molar-refractivity contribution is 0.111. The molecule has 1 aromatic rings. The van der Waals surface area contributed by atoms with Gasteiger partial charge in [-0.1, -0.05) is 6.42 Å². The van der Waals surface area contributed by atoms with E-state index in [9.17, 15) is 5.11 Å². The molecule has 2 N–H and O–H groups in total. The lowest BCUT2D eigenvalue weighted by Crippen LogP contribution is -2.44. The van der Waals surface area contributed by atoms with Gasteiger partial charge in [-0.3, -0.25) is 4.68 Å². The molecule has 4 nitrogen and oxygen atoms in total. The summed E-state index contributed by atoms with van der Waals surface area (Å²) in [5.74, 6) is 0. The summed E-state index contributed by atoms with van der Waals surface area (Å²) >= 11 is 0. The summed E-state index contributed by atoms with van der Waals surface area (Å²) in [7, 11) is 0. The number of nitrogens with zero attached hydrogens (tertiary/aromatic N) is 2. The first-order chi connectivity index (χ1) is 8.20. The number of aliphatic hydroxyl groups is 1. The van der Waals surface area contributed by atoms with Crippen molar-refractivity contribution in [3.05, 3.63) is 17.5 Å². The van der Waals surface area contributed by atoms with Crippen LogP contribution in [-0.2, 0) is 13.0 Å². The minimum absolute atomic E-state index is 0.254. The molecule has 1 aliphatic heterocycles. The number of rotatable bonds is 4. The van der Waals surface area contributed by atoms with Crippen LogP contribution in [0, 0.1) is 6.92 Å². The predicted molar refractivity (Wildman–Crippen MR) is 68.0 cm³/mol. The van der Waals surface area contributed by atoms with E-state index >= 15 is 0 Å². The summed E-state index contributed by atoms with van der Waals surface area (Å²) in [6, 6.07) is 2.33. The second-order valence-corrected chi connectivity index (χ2v) is 4.92. The summed E-state index contributed by atoms with van der Waals surface area (Å²) in [5, 5.41) is 18.1. The minimum Gasteiger partial charge on any atom is -0.391 e. The Bertz CT molecular complexity index is 356. The lowest BCUT2D eigenvalue weighted by Gasteiger charge is -2.28. The van der Waals surface area contributed by atoms with E-state index in [0.717, 1.165) is 30.9 Å². The van der Waals surface area contributed by atoms with Crippen LogP contribution in [0.3, 0.4) is 0 Å². The van der Waals surface area contributed by atoms with Crippen LogP contribution in [0.5, 0.6) is 0 Å². The molecule has 0 bridgehead atoms. The number of aliphatic hydroxyl groups excluding tert-OH is 1. The Hall–Kier alpha value is -0.870. The van der Waals surface area contributed by atoms with Gasteiger partial charge in [0, 0.05) is 24.7 Å². The number of aromatic nitrogens is 2. The molecule has 4 heteroatoms. The van der Waals surface area contributed by atoms with E-state index in [0.29, 0.717) is 6.42 Å². The highest BCUT2D eigenvalue weighted by molar-refractivity contribution is 5.10. The van der Waals surface area contributed by atoms with Crippen molar-refractivity contribution in [2.24, 2.45) is 0 Å². The van der Waals surface area contributed by atoms with Crippen molar-refractivity contribution >= 4 is 0 Å². The van der Waals surface area contributed by atoms with Crippen LogP contribution in [0.15, 0.2) is 6.07 Å². The Kier molecular flexibility index (Phi) is 4.18. The minimum atomic E-state index is -0.295. The zero-order chi connectivity index (χ0) is 12.3. The number of hydrogen-bond donors (Lipinski definition) is 2. The van der Waals surface area contributed by atoms with Gasteiger partial charge in [-0.25, -0.2) is 0 Å². The first-order valence-electron chi connectivity index (χ1n) is 6.65. The fourth-order valence-corrected chi connectivity index (χ4v) is 2.60. The first kappa shape index (κ1) is 12.6. The molecule has 2 unspecified atom stereocenters. The van der Waals surface area contributed by atoms with Gasteiger partial charge < -0.3 is 10.4 Å². The van der Waals surface area contributed by atoms with E-state index in [4.69, 9.17) is 0 Å². The van der Waals surface area contributed by atoms with Gasteiger partial charge in [0.15, 0.2) is 0 Å². The molecule has 1 aromatic heterocycles. The third kappa shape index (κ3) is 3.07. The maximum atomic E-state index is 10.3. The Labute approximate surface area is 103 Å². The fraction of sp³-hybridized carbons (Fsp3) is 0.769. The van der Waals surface area contributed by atoms with Crippen LogP contribution in [0.25, 0.3) is 0 Å². The second-order valence-electron chi connectivity index (χ2n) is 4.92. The molecule has 0 spiro atoms. The largest absolute Gasteiger partial charge is 0.391 e. The van der Waals surface area contributed by atoms with Crippen molar-refractivity contribution in [2.45, 2.75) is 58.2 Å². The van der Waals surface area contributed by atoms with E-state index in [1.807, 2.05) is 11.6 Å². The number of hydrogen-bond acceptors (Lipinski definition) is 3. The van der Waals surface area contributed by atoms with E-state index in [1.54, 1.807) is 0 Å². The average Bonchev–Trinajstić information content (AvgIpc) is 2.70. The van der Waals surface area contributed by atoms with Crippen LogP contribution in [0.4, 0.5) is 0 Å². The van der Waals surface area contributed by atoms with Crippen LogP contribution < -0.4 is 5.32 Å². The number of nitrogens with one attached hydrogen (secondary N) is 1. The van der Waals surface area contributed by atoms with Crippen molar-refractivity contribution in [1.29, 1.82) is 0 Å². The van der Waals surface area contributed by atoms with Gasteiger partial charge in [-0.05, 0) is 39.3 Å². The van der Waals surface area contributed by atoms with E-state index in [1.165, 1.54) is 12.8 Å². The molecule has 17 heavy (non-hydrogen) atoms. The third-order valence-corrected chi connectivity index (χ3v) is 3.52. The number of aryl methyl sites for hydroxylation is 2. The lowest BCUT2D eigenvalue weighted by atomic mass is 9.97. The normalized spacial score (nSPS) is 22.6. The Morgan fingerprint density at radius 3 is 3.06 bits per heavy atom. The van der Waals surface area contributed by atoms with Crippen LogP contribution in [0.1, 0.15) is 37.6 Å². The molecule has 1 fully saturated rings. The van der Waals surface area contributed by atoms with E-state index in [2.05, 4.69) is 23.4 Å². The van der Waals surface area contributed by atoms with Gasteiger partial charge in [-0.15, -0.1) is 0 Å². The van der Waals surface area contributed by atoms with Gasteiger partial charge in [0.2, 0.25) is 0 Å². The van der Waals surface area contributed by atoms with Crippen molar-refractivity contribution in [3.8, 4) is 0 Å². The smallest absolute Gasteiger partial charge is 0.0748 e. The zero-order valence-corrected chi connectivity index (χ0v) is 10.8. The molecule has 0 aliphatic carbocycles. The highest BCUT2D eigenvalue weighted by Crippen LogP contribution is 2.15. The van der Waals surface area contributed by atoms with Crippen molar-refractivity contribution in [2.75, 3.05) is 6.54 Å². The molecule has 96 valence electrons. The maximum absolute atomic E-state index is 10.3. The third-order valence-electron chi connectivity index (χ3n) is 3.52. The van der Waals surface area contributed by atoms with Crippen molar-refractivity contribution in [1.82, 2.24) is 15.1 Å². The van der Waals surface area contributed by atoms with Crippen LogP contribution >= 0.6 is 0 Å². The molecule has 0 radical (unpaired) electrons. The molecule has 0 amide bonds. The number of piperidine rings is 1. The van der Waals surface area contributed by atoms with Gasteiger partial charge in [0.05, 0.1) is 11.8 Å². The van der Waals surface area contributed by atoms with Gasteiger partial charge in [0.1, 0.15) is 0 Å². The highest BCUT2D eigenvalue weighted by atomic mass is 16.3. The maximum Gasteiger partial charge on any atom is 0.0748 e. The van der Waals surface area contributed by atoms with Crippen molar-refractivity contribution < 1.29 is 5.11 Å². The standard InChI is InChI=1S/C13H23N3O/c1-3-16-11(8-10(2)15-16)9-13(17)12-6-4-5-7-14-12/h8,12-14,17H,3-7,9H2,1-2H3. The summed E-state index contributed by atoms with van der Waals surface area (Å²) in [4.78, 5) is 0. The van der Waals surface area contributed by atoms with E-state index in [-0.39, 0.29) is 12.1 Å². The van der Waals surface area contributed by atoms with Crippen LogP contribution in [0.2, 0.25) is 0 Å². The van der Waals surface area contributed by atoms with Gasteiger partial charge in [-0.2, -0.15) is 5.10 Å². The summed E-state index contributed by atoms with van der Waals surface area (Å²) in [5.41, 5.74) is 2.18. The zero-order valence-electron chi connectivity index (χ0n) is 10.8. The average molecular weight is 237 g/mol. The van der Waals surface area contributed by atoms with Gasteiger partial charge in [0.25, 0.3) is 0 Å². The quantitative estimate of drug-likeness (QED) is 0.829. The molecular formula is C13H23N3O.